The molecule has 10 heteroatoms. The largest absolute Gasteiger partial charge is 0.451 e. The van der Waals surface area contributed by atoms with E-state index in [4.69, 9.17) is 21.3 Å². The second kappa shape index (κ2) is 12.6. The number of benzene rings is 3. The van der Waals surface area contributed by atoms with Gasteiger partial charge in [-0.3, -0.25) is 20.0 Å². The number of thiophene rings is 1. The number of nitrogens with one attached hydrogen (secondary N) is 1. The molecule has 2 aromatic heterocycles. The number of ether oxygens (including phenoxy) is 1. The van der Waals surface area contributed by atoms with Gasteiger partial charge in [-0.25, -0.2) is 9.78 Å². The third kappa shape index (κ3) is 5.92. The maximum absolute atomic E-state index is 14.4. The second-order valence-corrected chi connectivity index (χ2v) is 13.2. The van der Waals surface area contributed by atoms with E-state index < -0.39 is 12.0 Å². The van der Waals surface area contributed by atoms with E-state index in [2.05, 4.69) is 21.3 Å². The SMILES string of the molecule is COC(=O)N(NC(=O)c1c(CN2C[C@H]3C[C@@H]2CN3Cc2ccc(Cl)s2)c(-c2ccccc2)nc2ccccc12)c1ccccc1. The summed E-state index contributed by atoms with van der Waals surface area (Å²) in [4.78, 5) is 38.8. The van der Waals surface area contributed by atoms with Crippen LogP contribution in [0.1, 0.15) is 27.2 Å². The first kappa shape index (κ1) is 29.4. The van der Waals surface area contributed by atoms with Gasteiger partial charge < -0.3 is 4.74 Å². The molecule has 8 nitrogen and oxygen atoms in total. The van der Waals surface area contributed by atoms with E-state index >= 15 is 0 Å². The average Bonchev–Trinajstić information content (AvgIpc) is 3.79. The van der Waals surface area contributed by atoms with Crippen LogP contribution in [0.2, 0.25) is 4.34 Å². The average molecular weight is 638 g/mol. The van der Waals surface area contributed by atoms with Gasteiger partial charge in [-0.15, -0.1) is 11.3 Å². The molecule has 3 aromatic carbocycles. The monoisotopic (exact) mass is 637 g/mol. The second-order valence-electron chi connectivity index (χ2n) is 11.4. The summed E-state index contributed by atoms with van der Waals surface area (Å²) in [6.07, 6.45) is 0.383. The van der Waals surface area contributed by atoms with E-state index in [9.17, 15) is 9.59 Å². The minimum absolute atomic E-state index is 0.354. The predicted octanol–water partition coefficient (Wildman–Crippen LogP) is 6.99. The summed E-state index contributed by atoms with van der Waals surface area (Å²) in [5.41, 5.74) is 7.08. The summed E-state index contributed by atoms with van der Waals surface area (Å²) >= 11 is 7.84. The number of likely N-dealkylation sites (tertiary alicyclic amines) is 2. The van der Waals surface area contributed by atoms with E-state index in [0.717, 1.165) is 57.6 Å². The molecule has 4 heterocycles. The van der Waals surface area contributed by atoms with E-state index in [-0.39, 0.29) is 0 Å². The summed E-state index contributed by atoms with van der Waals surface area (Å²) in [6, 6.07) is 31.5. The number of rotatable bonds is 7. The maximum Gasteiger partial charge on any atom is 0.433 e. The topological polar surface area (TPSA) is 78.0 Å². The summed E-state index contributed by atoms with van der Waals surface area (Å²) in [7, 11) is 1.30. The van der Waals surface area contributed by atoms with Crippen molar-refractivity contribution in [3.63, 3.8) is 0 Å². The minimum Gasteiger partial charge on any atom is -0.451 e. The first-order chi connectivity index (χ1) is 22.0. The number of para-hydroxylation sites is 2. The molecule has 2 fully saturated rings. The number of carbonyl (C=O) groups excluding carboxylic acids is 2. The zero-order valence-corrected chi connectivity index (χ0v) is 26.3. The standard InChI is InChI=1S/C35H32ClN5O3S/c1-44-35(43)41(24-12-6-3-7-13-24)38-34(42)32-28-14-8-9-15-30(28)37-33(23-10-4-2-5-11-23)29(32)22-40-20-25-18-26(40)19-39(25)21-27-16-17-31(36)45-27/h2-17,25-26H,18-22H2,1H3,(H,38,42)/t25-,26-/m1/s1. The Morgan fingerprint density at radius 1 is 0.911 bits per heavy atom. The van der Waals surface area contributed by atoms with Crippen LogP contribution in [0.15, 0.2) is 97.1 Å². The first-order valence-corrected chi connectivity index (χ1v) is 16.1. The number of aromatic nitrogens is 1. The number of hydrogen-bond donors (Lipinski definition) is 1. The number of piperazine rings is 1. The number of hydrogen-bond acceptors (Lipinski definition) is 7. The first-order valence-electron chi connectivity index (χ1n) is 14.9. The Morgan fingerprint density at radius 2 is 1.58 bits per heavy atom. The highest BCUT2D eigenvalue weighted by molar-refractivity contribution is 7.16. The van der Waals surface area contributed by atoms with Gasteiger partial charge >= 0.3 is 6.09 Å². The molecular weight excluding hydrogens is 606 g/mol. The highest BCUT2D eigenvalue weighted by Crippen LogP contribution is 2.38. The number of amides is 2. The molecule has 2 bridgehead atoms. The number of methoxy groups -OCH3 is 1. The lowest BCUT2D eigenvalue weighted by molar-refractivity contribution is 0.0936. The fourth-order valence-corrected chi connectivity index (χ4v) is 7.71. The van der Waals surface area contributed by atoms with Crippen LogP contribution in [-0.4, -0.2) is 59.1 Å². The van der Waals surface area contributed by atoms with Crippen LogP contribution in [0, 0.1) is 0 Å². The molecule has 45 heavy (non-hydrogen) atoms. The Balaban J connectivity index is 1.27. The van der Waals surface area contributed by atoms with Crippen LogP contribution in [0.3, 0.4) is 0 Å². The number of pyridine rings is 1. The van der Waals surface area contributed by atoms with Gasteiger partial charge in [0.15, 0.2) is 0 Å². The van der Waals surface area contributed by atoms with Crippen molar-refractivity contribution < 1.29 is 14.3 Å². The molecule has 7 rings (SSSR count). The van der Waals surface area contributed by atoms with E-state index in [0.29, 0.717) is 35.4 Å². The zero-order chi connectivity index (χ0) is 30.9. The Hall–Kier alpha value is -4.28. The van der Waals surface area contributed by atoms with Gasteiger partial charge in [-0.2, -0.15) is 5.01 Å². The van der Waals surface area contributed by atoms with Crippen molar-refractivity contribution >= 4 is 51.5 Å². The van der Waals surface area contributed by atoms with Crippen LogP contribution in [0.5, 0.6) is 0 Å². The summed E-state index contributed by atoms with van der Waals surface area (Å²) < 4.78 is 5.87. The highest BCUT2D eigenvalue weighted by atomic mass is 35.5. The molecule has 1 N–H and O–H groups in total. The third-order valence-electron chi connectivity index (χ3n) is 8.67. The van der Waals surface area contributed by atoms with Crippen molar-refractivity contribution in [1.82, 2.24) is 20.2 Å². The third-order valence-corrected chi connectivity index (χ3v) is 9.88. The highest BCUT2D eigenvalue weighted by Gasteiger charge is 2.43. The van der Waals surface area contributed by atoms with Crippen molar-refractivity contribution in [2.45, 2.75) is 31.6 Å². The van der Waals surface area contributed by atoms with Crippen LogP contribution in [-0.2, 0) is 17.8 Å². The van der Waals surface area contributed by atoms with Gasteiger partial charge in [0.25, 0.3) is 5.91 Å². The maximum atomic E-state index is 14.4. The van der Waals surface area contributed by atoms with Gasteiger partial charge in [-0.1, -0.05) is 78.3 Å². The van der Waals surface area contributed by atoms with Gasteiger partial charge in [0.05, 0.1) is 33.9 Å². The lowest BCUT2D eigenvalue weighted by Crippen LogP contribution is -2.47. The normalized spacial score (nSPS) is 17.9. The number of anilines is 1. The van der Waals surface area contributed by atoms with E-state index in [1.807, 2.05) is 66.7 Å². The Bertz CT molecular complexity index is 1850. The molecule has 0 unspecified atom stereocenters. The summed E-state index contributed by atoms with van der Waals surface area (Å²) in [6.45, 7) is 3.29. The Kier molecular flexibility index (Phi) is 8.25. The fourth-order valence-electron chi connectivity index (χ4n) is 6.60. The fraction of sp³-hybridized carbons (Fsp3) is 0.229. The van der Waals surface area contributed by atoms with Gasteiger partial charge in [0.2, 0.25) is 0 Å². The number of nitrogens with zero attached hydrogens (tertiary/aromatic N) is 4. The molecule has 2 atom stereocenters. The molecule has 0 aliphatic carbocycles. The van der Waals surface area contributed by atoms with Crippen molar-refractivity contribution in [2.75, 3.05) is 25.2 Å². The lowest BCUT2D eigenvalue weighted by Gasteiger charge is -2.34. The van der Waals surface area contributed by atoms with Crippen LogP contribution < -0.4 is 10.4 Å². The number of carbonyl (C=O) groups is 2. The number of hydrazine groups is 1. The van der Waals surface area contributed by atoms with Crippen molar-refractivity contribution in [1.29, 1.82) is 0 Å². The molecular formula is C35H32ClN5O3S. The van der Waals surface area contributed by atoms with Crippen molar-refractivity contribution in [2.24, 2.45) is 0 Å². The Morgan fingerprint density at radius 3 is 2.24 bits per heavy atom. The molecule has 5 aromatic rings. The molecule has 2 aliphatic rings. The molecule has 0 spiro atoms. The smallest absolute Gasteiger partial charge is 0.433 e. The van der Waals surface area contributed by atoms with Crippen LogP contribution >= 0.6 is 22.9 Å². The van der Waals surface area contributed by atoms with Crippen LogP contribution in [0.25, 0.3) is 22.2 Å². The Labute approximate surface area is 270 Å². The van der Waals surface area contributed by atoms with Crippen LogP contribution in [0.4, 0.5) is 10.5 Å². The number of halogens is 1. The van der Waals surface area contributed by atoms with E-state index in [1.54, 1.807) is 35.6 Å². The number of fused-ring (bicyclic) bond motifs is 3. The van der Waals surface area contributed by atoms with Gasteiger partial charge in [-0.05, 0) is 36.8 Å². The molecule has 2 aliphatic heterocycles. The molecule has 0 saturated carbocycles. The predicted molar refractivity (Wildman–Crippen MR) is 178 cm³/mol. The molecule has 0 radical (unpaired) electrons. The van der Waals surface area contributed by atoms with Gasteiger partial charge in [0.1, 0.15) is 0 Å². The molecule has 228 valence electrons. The quantitative estimate of drug-likeness (QED) is 0.194. The van der Waals surface area contributed by atoms with Crippen molar-refractivity contribution in [3.05, 3.63) is 117 Å². The minimum atomic E-state index is -0.693. The molecule has 2 amide bonds. The van der Waals surface area contributed by atoms with Crippen molar-refractivity contribution in [3.8, 4) is 11.3 Å². The summed E-state index contributed by atoms with van der Waals surface area (Å²) in [5.74, 6) is -0.407. The zero-order valence-electron chi connectivity index (χ0n) is 24.7. The van der Waals surface area contributed by atoms with E-state index in [1.165, 1.54) is 12.0 Å². The lowest BCUT2D eigenvalue weighted by atomic mass is 9.95. The summed E-state index contributed by atoms with van der Waals surface area (Å²) in [5, 5.41) is 1.87. The molecule has 2 saturated heterocycles. The van der Waals surface area contributed by atoms with Gasteiger partial charge in [0, 0.05) is 59.7 Å².